The molecular formula is C25H26FN7O. The Morgan fingerprint density at radius 1 is 1.26 bits per heavy atom. The standard InChI is InChI=1S/C25H26FN7O/c1-14-5-17(29-23(34)13-33-11-15-3-4-18(33)6-15)7-20(26)24(14)21-8-19-22(10-27-21)30-31-25(19)16-9-28-32(2)12-16/h5,7-10,12,15,18H,3-4,6,11,13H2,1-2H3,(H,29,34)(H,30,31)/t15-,18+/m0/s1. The molecule has 1 amide bonds. The van der Waals surface area contributed by atoms with Crippen molar-refractivity contribution in [3.63, 3.8) is 0 Å². The molecule has 1 saturated carbocycles. The fraction of sp³-hybridized carbons (Fsp3) is 0.360. The summed E-state index contributed by atoms with van der Waals surface area (Å²) in [5.41, 5.74) is 4.47. The minimum absolute atomic E-state index is 0.0989. The lowest BCUT2D eigenvalue weighted by molar-refractivity contribution is -0.117. The molecule has 2 N–H and O–H groups in total. The highest BCUT2D eigenvalue weighted by molar-refractivity contribution is 5.95. The van der Waals surface area contributed by atoms with Crippen LogP contribution in [0.5, 0.6) is 0 Å². The molecule has 8 nitrogen and oxygen atoms in total. The zero-order chi connectivity index (χ0) is 23.4. The second kappa shape index (κ2) is 8.02. The van der Waals surface area contributed by atoms with Crippen LogP contribution in [-0.2, 0) is 11.8 Å². The summed E-state index contributed by atoms with van der Waals surface area (Å²) in [4.78, 5) is 19.3. The Morgan fingerprint density at radius 2 is 2.15 bits per heavy atom. The summed E-state index contributed by atoms with van der Waals surface area (Å²) in [6.07, 6.45) is 8.94. The number of pyridine rings is 1. The van der Waals surface area contributed by atoms with E-state index in [-0.39, 0.29) is 5.91 Å². The Labute approximate surface area is 196 Å². The number of aryl methyl sites for hydroxylation is 2. The number of rotatable bonds is 5. The maximum Gasteiger partial charge on any atom is 0.238 e. The van der Waals surface area contributed by atoms with Crippen LogP contribution in [0.15, 0.2) is 36.8 Å². The molecule has 0 unspecified atom stereocenters. The fourth-order valence-electron chi connectivity index (χ4n) is 5.56. The van der Waals surface area contributed by atoms with Gasteiger partial charge in [-0.25, -0.2) is 4.39 Å². The molecule has 1 aliphatic heterocycles. The van der Waals surface area contributed by atoms with Gasteiger partial charge in [0.1, 0.15) is 11.5 Å². The summed E-state index contributed by atoms with van der Waals surface area (Å²) in [6.45, 7) is 3.18. The summed E-state index contributed by atoms with van der Waals surface area (Å²) >= 11 is 0. The highest BCUT2D eigenvalue weighted by Crippen LogP contribution is 2.37. The van der Waals surface area contributed by atoms with Crippen molar-refractivity contribution in [3.8, 4) is 22.5 Å². The predicted molar refractivity (Wildman–Crippen MR) is 128 cm³/mol. The molecule has 2 bridgehead atoms. The SMILES string of the molecule is Cc1cc(NC(=O)CN2C[C@H]3CC[C@@H]2C3)cc(F)c1-c1cc2c(-c3cnn(C)c3)n[nH]c2cn1. The summed E-state index contributed by atoms with van der Waals surface area (Å²) < 4.78 is 17.0. The molecule has 3 aromatic heterocycles. The fourth-order valence-corrected chi connectivity index (χ4v) is 5.56. The molecule has 2 aliphatic rings. The molecule has 2 atom stereocenters. The summed E-state index contributed by atoms with van der Waals surface area (Å²) in [5.74, 6) is 0.211. The Morgan fingerprint density at radius 3 is 2.85 bits per heavy atom. The third kappa shape index (κ3) is 3.66. The van der Waals surface area contributed by atoms with Gasteiger partial charge in [-0.2, -0.15) is 10.2 Å². The van der Waals surface area contributed by atoms with Crippen LogP contribution in [0.4, 0.5) is 10.1 Å². The lowest BCUT2D eigenvalue weighted by atomic mass is 10.0. The molecule has 1 saturated heterocycles. The Bertz CT molecular complexity index is 1380. The van der Waals surface area contributed by atoms with Crippen LogP contribution in [0, 0.1) is 18.7 Å². The number of halogens is 1. The number of aromatic amines is 1. The second-order valence-electron chi connectivity index (χ2n) is 9.55. The minimum atomic E-state index is -0.422. The van der Waals surface area contributed by atoms with Gasteiger partial charge in [-0.1, -0.05) is 0 Å². The number of carbonyl (C=O) groups is 1. The van der Waals surface area contributed by atoms with Crippen LogP contribution in [0.1, 0.15) is 24.8 Å². The number of nitrogens with one attached hydrogen (secondary N) is 2. The lowest BCUT2D eigenvalue weighted by Crippen LogP contribution is -2.38. The highest BCUT2D eigenvalue weighted by atomic mass is 19.1. The number of carbonyl (C=O) groups excluding carboxylic acids is 1. The molecular weight excluding hydrogens is 433 g/mol. The van der Waals surface area contributed by atoms with Crippen molar-refractivity contribution in [1.29, 1.82) is 0 Å². The van der Waals surface area contributed by atoms with Crippen LogP contribution in [0.3, 0.4) is 0 Å². The van der Waals surface area contributed by atoms with Crippen molar-refractivity contribution in [1.82, 2.24) is 29.9 Å². The summed E-state index contributed by atoms with van der Waals surface area (Å²) in [6, 6.07) is 5.54. The van der Waals surface area contributed by atoms with E-state index in [1.807, 2.05) is 26.2 Å². The van der Waals surface area contributed by atoms with E-state index >= 15 is 4.39 Å². The van der Waals surface area contributed by atoms with Gasteiger partial charge in [0.15, 0.2) is 0 Å². The quantitative estimate of drug-likeness (QED) is 0.472. The first-order chi connectivity index (χ1) is 16.4. The zero-order valence-electron chi connectivity index (χ0n) is 19.2. The Balaban J connectivity index is 1.26. The topological polar surface area (TPSA) is 91.7 Å². The normalized spacial score (nSPS) is 19.9. The third-order valence-corrected chi connectivity index (χ3v) is 7.12. The average molecular weight is 460 g/mol. The van der Waals surface area contributed by atoms with Gasteiger partial charge >= 0.3 is 0 Å². The zero-order valence-corrected chi connectivity index (χ0v) is 19.2. The summed E-state index contributed by atoms with van der Waals surface area (Å²) in [7, 11) is 1.85. The van der Waals surface area contributed by atoms with E-state index in [1.165, 1.54) is 25.3 Å². The van der Waals surface area contributed by atoms with Gasteiger partial charge in [-0.15, -0.1) is 0 Å². The van der Waals surface area contributed by atoms with Crippen molar-refractivity contribution in [2.75, 3.05) is 18.4 Å². The Kier molecular flexibility index (Phi) is 4.95. The van der Waals surface area contributed by atoms with E-state index in [0.29, 0.717) is 35.1 Å². The van der Waals surface area contributed by atoms with Crippen LogP contribution < -0.4 is 5.32 Å². The molecule has 174 valence electrons. The first kappa shape index (κ1) is 21.0. The molecule has 2 fully saturated rings. The van der Waals surface area contributed by atoms with Gasteiger partial charge in [0, 0.05) is 48.0 Å². The molecule has 34 heavy (non-hydrogen) atoms. The monoisotopic (exact) mass is 459 g/mol. The first-order valence-corrected chi connectivity index (χ1v) is 11.6. The number of hydrogen-bond acceptors (Lipinski definition) is 5. The molecule has 1 aliphatic carbocycles. The van der Waals surface area contributed by atoms with Crippen LogP contribution in [-0.4, -0.2) is 54.9 Å². The van der Waals surface area contributed by atoms with Gasteiger partial charge in [-0.3, -0.25) is 24.5 Å². The van der Waals surface area contributed by atoms with Crippen molar-refractivity contribution in [2.45, 2.75) is 32.2 Å². The number of benzene rings is 1. The molecule has 6 rings (SSSR count). The molecule has 0 radical (unpaired) electrons. The third-order valence-electron chi connectivity index (χ3n) is 7.12. The number of fused-ring (bicyclic) bond motifs is 3. The number of anilines is 1. The van der Waals surface area contributed by atoms with Crippen molar-refractivity contribution in [3.05, 3.63) is 48.2 Å². The van der Waals surface area contributed by atoms with Gasteiger partial charge < -0.3 is 5.32 Å². The van der Waals surface area contributed by atoms with Gasteiger partial charge in [0.25, 0.3) is 0 Å². The number of likely N-dealkylation sites (tertiary alicyclic amines) is 1. The number of hydrogen-bond donors (Lipinski definition) is 2. The van der Waals surface area contributed by atoms with E-state index in [9.17, 15) is 4.79 Å². The first-order valence-electron chi connectivity index (χ1n) is 11.6. The lowest BCUT2D eigenvalue weighted by Gasteiger charge is -2.25. The number of H-pyrrole nitrogens is 1. The number of amides is 1. The van der Waals surface area contributed by atoms with Gasteiger partial charge in [0.2, 0.25) is 5.91 Å². The number of piperidine rings is 1. The van der Waals surface area contributed by atoms with Crippen molar-refractivity contribution >= 4 is 22.5 Å². The number of nitrogens with zero attached hydrogens (tertiary/aromatic N) is 5. The smallest absolute Gasteiger partial charge is 0.238 e. The van der Waals surface area contributed by atoms with Gasteiger partial charge in [0.05, 0.1) is 30.1 Å². The molecule has 4 aromatic rings. The number of aromatic nitrogens is 5. The van der Waals surface area contributed by atoms with E-state index in [4.69, 9.17) is 0 Å². The predicted octanol–water partition coefficient (Wildman–Crippen LogP) is 3.90. The highest BCUT2D eigenvalue weighted by Gasteiger charge is 2.38. The van der Waals surface area contributed by atoms with E-state index in [2.05, 4.69) is 30.5 Å². The van der Waals surface area contributed by atoms with Crippen molar-refractivity contribution in [2.24, 2.45) is 13.0 Å². The molecule has 0 spiro atoms. The molecule has 1 aromatic carbocycles. The largest absolute Gasteiger partial charge is 0.325 e. The van der Waals surface area contributed by atoms with E-state index < -0.39 is 5.82 Å². The maximum absolute atomic E-state index is 15.3. The summed E-state index contributed by atoms with van der Waals surface area (Å²) in [5, 5.41) is 15.3. The van der Waals surface area contributed by atoms with Crippen LogP contribution >= 0.6 is 0 Å². The van der Waals surface area contributed by atoms with Crippen LogP contribution in [0.2, 0.25) is 0 Å². The molecule has 4 heterocycles. The van der Waals surface area contributed by atoms with Crippen LogP contribution in [0.25, 0.3) is 33.4 Å². The second-order valence-corrected chi connectivity index (χ2v) is 9.55. The molecule has 9 heteroatoms. The van der Waals surface area contributed by atoms with E-state index in [1.54, 1.807) is 23.1 Å². The van der Waals surface area contributed by atoms with E-state index in [0.717, 1.165) is 34.6 Å². The maximum atomic E-state index is 15.3. The van der Waals surface area contributed by atoms with Gasteiger partial charge in [-0.05, 0) is 55.9 Å². The Hall–Kier alpha value is -3.59. The minimum Gasteiger partial charge on any atom is -0.325 e. The van der Waals surface area contributed by atoms with Crippen molar-refractivity contribution < 1.29 is 9.18 Å². The average Bonchev–Trinajstić information content (AvgIpc) is 3.57.